The first-order valence-corrected chi connectivity index (χ1v) is 8.73. The molecule has 1 aromatic rings. The van der Waals surface area contributed by atoms with Gasteiger partial charge in [0.25, 0.3) is 5.91 Å². The molecule has 1 atom stereocenters. The van der Waals surface area contributed by atoms with Crippen LogP contribution in [0.15, 0.2) is 18.2 Å². The van der Waals surface area contributed by atoms with E-state index in [0.29, 0.717) is 13.0 Å². The highest BCUT2D eigenvalue weighted by Crippen LogP contribution is 2.19. The van der Waals surface area contributed by atoms with Gasteiger partial charge in [0.1, 0.15) is 18.4 Å². The van der Waals surface area contributed by atoms with E-state index in [9.17, 15) is 9.59 Å². The Morgan fingerprint density at radius 3 is 2.82 bits per heavy atom. The molecule has 0 saturated carbocycles. The zero-order valence-electron chi connectivity index (χ0n) is 13.2. The first-order valence-electron chi connectivity index (χ1n) is 7.34. The molecule has 0 bridgehead atoms. The minimum atomic E-state index is -0.388. The van der Waals surface area contributed by atoms with Crippen LogP contribution in [0.4, 0.5) is 4.79 Å². The Hall–Kier alpha value is -1.69. The molecule has 1 aromatic carbocycles. The number of benzene rings is 1. The van der Waals surface area contributed by atoms with E-state index >= 15 is 0 Å². The van der Waals surface area contributed by atoms with Gasteiger partial charge in [-0.1, -0.05) is 12.1 Å². The van der Waals surface area contributed by atoms with Crippen LogP contribution in [0.25, 0.3) is 0 Å². The van der Waals surface area contributed by atoms with Crippen LogP contribution in [0.5, 0.6) is 5.75 Å². The summed E-state index contributed by atoms with van der Waals surface area (Å²) in [4.78, 5) is 25.3. The highest BCUT2D eigenvalue weighted by atomic mass is 32.2. The summed E-state index contributed by atoms with van der Waals surface area (Å²) in [6.07, 6.45) is 2.65. The smallest absolute Gasteiger partial charge is 0.324 e. The third kappa shape index (κ3) is 3.94. The lowest BCUT2D eigenvalue weighted by Crippen LogP contribution is -2.35. The fourth-order valence-electron chi connectivity index (χ4n) is 2.33. The number of thioether (sulfide) groups is 1. The summed E-state index contributed by atoms with van der Waals surface area (Å²) in [7, 11) is 0. The van der Waals surface area contributed by atoms with Crippen molar-refractivity contribution in [2.45, 2.75) is 26.3 Å². The van der Waals surface area contributed by atoms with Gasteiger partial charge in [0.05, 0.1) is 6.54 Å². The molecule has 0 aliphatic carbocycles. The van der Waals surface area contributed by atoms with Gasteiger partial charge in [0.15, 0.2) is 0 Å². The lowest BCUT2D eigenvalue weighted by molar-refractivity contribution is -0.127. The zero-order chi connectivity index (χ0) is 16.1. The average Bonchev–Trinajstić information content (AvgIpc) is 2.76. The van der Waals surface area contributed by atoms with Crippen LogP contribution in [0.1, 0.15) is 17.5 Å². The monoisotopic (exact) mass is 322 g/mol. The summed E-state index contributed by atoms with van der Waals surface area (Å²) in [5, 5.41) is 2.73. The van der Waals surface area contributed by atoms with Gasteiger partial charge in [-0.05, 0) is 49.5 Å². The van der Waals surface area contributed by atoms with E-state index in [-0.39, 0.29) is 24.5 Å². The van der Waals surface area contributed by atoms with E-state index in [0.717, 1.165) is 22.6 Å². The standard InChI is InChI=1S/C16H22N2O3S/c1-11-4-5-12(2)14(10-11)21-8-7-18-15(19)13(6-9-22-3)17-16(18)20/h4-5,10,13H,6-9H2,1-3H3,(H,17,20). The Kier molecular flexibility index (Phi) is 5.71. The largest absolute Gasteiger partial charge is 0.491 e. The maximum Gasteiger partial charge on any atom is 0.324 e. The number of carbonyl (C=O) groups excluding carboxylic acids is 2. The van der Waals surface area contributed by atoms with Gasteiger partial charge < -0.3 is 10.1 Å². The second-order valence-electron chi connectivity index (χ2n) is 5.39. The summed E-state index contributed by atoms with van der Waals surface area (Å²) in [5.74, 6) is 1.50. The number of ether oxygens (including phenoxy) is 1. The highest BCUT2D eigenvalue weighted by Gasteiger charge is 2.37. The quantitative estimate of drug-likeness (QED) is 0.783. The van der Waals surface area contributed by atoms with Crippen LogP contribution in [-0.4, -0.2) is 48.0 Å². The van der Waals surface area contributed by atoms with Crippen molar-refractivity contribution in [3.8, 4) is 5.75 Å². The van der Waals surface area contributed by atoms with E-state index < -0.39 is 0 Å². The number of nitrogens with zero attached hydrogens (tertiary/aromatic N) is 1. The van der Waals surface area contributed by atoms with Gasteiger partial charge in [-0.25, -0.2) is 4.79 Å². The lowest BCUT2D eigenvalue weighted by Gasteiger charge is -2.15. The fraction of sp³-hybridized carbons (Fsp3) is 0.500. The third-order valence-corrected chi connectivity index (χ3v) is 4.28. The Bertz CT molecular complexity index is 562. The molecule has 0 spiro atoms. The number of urea groups is 1. The Labute approximate surface area is 135 Å². The molecule has 1 unspecified atom stereocenters. The van der Waals surface area contributed by atoms with E-state index in [1.165, 1.54) is 4.90 Å². The van der Waals surface area contributed by atoms with Gasteiger partial charge in [0.2, 0.25) is 0 Å². The van der Waals surface area contributed by atoms with E-state index in [2.05, 4.69) is 5.32 Å². The average molecular weight is 322 g/mol. The van der Waals surface area contributed by atoms with Crippen LogP contribution in [0, 0.1) is 13.8 Å². The van der Waals surface area contributed by atoms with Crippen LogP contribution in [0.2, 0.25) is 0 Å². The Balaban J connectivity index is 1.87. The number of rotatable bonds is 7. The first kappa shape index (κ1) is 16.7. The van der Waals surface area contributed by atoms with Crippen molar-refractivity contribution in [3.63, 3.8) is 0 Å². The second-order valence-corrected chi connectivity index (χ2v) is 6.38. The molecule has 22 heavy (non-hydrogen) atoms. The van der Waals surface area contributed by atoms with Crippen LogP contribution >= 0.6 is 11.8 Å². The van der Waals surface area contributed by atoms with Gasteiger partial charge in [-0.3, -0.25) is 9.69 Å². The summed E-state index contributed by atoms with van der Waals surface area (Å²) < 4.78 is 5.71. The third-order valence-electron chi connectivity index (χ3n) is 3.63. The molecule has 1 aliphatic rings. The number of carbonyl (C=O) groups is 2. The minimum Gasteiger partial charge on any atom is -0.491 e. The second kappa shape index (κ2) is 7.54. The molecule has 1 heterocycles. The topological polar surface area (TPSA) is 58.6 Å². The van der Waals surface area contributed by atoms with E-state index in [4.69, 9.17) is 4.74 Å². The maximum absolute atomic E-state index is 12.2. The van der Waals surface area contributed by atoms with Gasteiger partial charge in [-0.15, -0.1) is 0 Å². The fourth-order valence-corrected chi connectivity index (χ4v) is 2.80. The van der Waals surface area contributed by atoms with Crippen molar-refractivity contribution < 1.29 is 14.3 Å². The highest BCUT2D eigenvalue weighted by molar-refractivity contribution is 7.98. The molecule has 120 valence electrons. The number of amides is 3. The molecule has 1 N–H and O–H groups in total. The Morgan fingerprint density at radius 1 is 1.32 bits per heavy atom. The van der Waals surface area contributed by atoms with Crippen LogP contribution < -0.4 is 10.1 Å². The molecular weight excluding hydrogens is 300 g/mol. The number of hydrogen-bond acceptors (Lipinski definition) is 4. The van der Waals surface area contributed by atoms with Crippen molar-refractivity contribution in [3.05, 3.63) is 29.3 Å². The number of nitrogens with one attached hydrogen (secondary N) is 1. The predicted octanol–water partition coefficient (Wildman–Crippen LogP) is 2.36. The maximum atomic E-state index is 12.2. The molecule has 2 rings (SSSR count). The van der Waals surface area contributed by atoms with E-state index in [1.54, 1.807) is 11.8 Å². The lowest BCUT2D eigenvalue weighted by atomic mass is 10.1. The summed E-state index contributed by atoms with van der Waals surface area (Å²) in [6.45, 7) is 4.55. The van der Waals surface area contributed by atoms with Gasteiger partial charge >= 0.3 is 6.03 Å². The van der Waals surface area contributed by atoms with Gasteiger partial charge in [0, 0.05) is 0 Å². The molecule has 0 radical (unpaired) electrons. The molecule has 1 saturated heterocycles. The molecule has 1 aliphatic heterocycles. The van der Waals surface area contributed by atoms with Crippen molar-refractivity contribution in [1.29, 1.82) is 0 Å². The van der Waals surface area contributed by atoms with Crippen LogP contribution in [0.3, 0.4) is 0 Å². The summed E-state index contributed by atoms with van der Waals surface area (Å²) >= 11 is 1.66. The molecule has 0 aromatic heterocycles. The van der Waals surface area contributed by atoms with Crippen LogP contribution in [-0.2, 0) is 4.79 Å². The molecule has 6 heteroatoms. The zero-order valence-corrected chi connectivity index (χ0v) is 14.0. The Morgan fingerprint density at radius 2 is 2.09 bits per heavy atom. The first-order chi connectivity index (χ1) is 10.5. The number of hydrogen-bond donors (Lipinski definition) is 1. The molecule has 3 amide bonds. The van der Waals surface area contributed by atoms with Gasteiger partial charge in [-0.2, -0.15) is 11.8 Å². The van der Waals surface area contributed by atoms with Crippen molar-refractivity contribution in [1.82, 2.24) is 10.2 Å². The molecular formula is C16H22N2O3S. The predicted molar refractivity (Wildman–Crippen MR) is 88.4 cm³/mol. The van der Waals surface area contributed by atoms with Crippen molar-refractivity contribution in [2.24, 2.45) is 0 Å². The van der Waals surface area contributed by atoms with Crippen molar-refractivity contribution in [2.75, 3.05) is 25.2 Å². The molecule has 5 nitrogen and oxygen atoms in total. The number of aryl methyl sites for hydroxylation is 2. The molecule has 1 fully saturated rings. The summed E-state index contributed by atoms with van der Waals surface area (Å²) in [5.41, 5.74) is 2.16. The SMILES string of the molecule is CSCCC1NC(=O)N(CCOc2cc(C)ccc2C)C1=O. The number of imide groups is 1. The van der Waals surface area contributed by atoms with E-state index in [1.807, 2.05) is 38.3 Å². The van der Waals surface area contributed by atoms with Crippen molar-refractivity contribution >= 4 is 23.7 Å². The summed E-state index contributed by atoms with van der Waals surface area (Å²) in [6, 6.07) is 5.27. The minimum absolute atomic E-state index is 0.149. The normalized spacial score (nSPS) is 17.8.